The smallest absolute Gasteiger partial charge is 0.293 e. The summed E-state index contributed by atoms with van der Waals surface area (Å²) in [5.74, 6) is 0.745. The van der Waals surface area contributed by atoms with Gasteiger partial charge in [-0.1, -0.05) is 13.0 Å². The molecule has 0 bridgehead atoms. The minimum atomic E-state index is -0.318. The van der Waals surface area contributed by atoms with Crippen LogP contribution in [0.4, 0.5) is 5.69 Å². The summed E-state index contributed by atoms with van der Waals surface area (Å²) in [6.45, 7) is 14.9. The van der Waals surface area contributed by atoms with Gasteiger partial charge in [-0.15, -0.1) is 0 Å². The van der Waals surface area contributed by atoms with E-state index in [0.29, 0.717) is 12.5 Å². The first-order valence-electron chi connectivity index (χ1n) is 9.48. The molecule has 0 unspecified atom stereocenters. The van der Waals surface area contributed by atoms with Crippen molar-refractivity contribution < 1.29 is 9.53 Å². The number of carbonyl (C=O) groups excluding carboxylic acids is 1. The average Bonchev–Trinajstić information content (AvgIpc) is 2.54. The van der Waals surface area contributed by atoms with Crippen LogP contribution in [0.25, 0.3) is 0 Å². The first kappa shape index (κ1) is 21.5. The number of nitrogens with one attached hydrogen (secondary N) is 2. The molecule has 1 aliphatic rings. The number of carbonyl (C=O) groups is 1. The molecule has 142 valence electrons. The topological polar surface area (TPSA) is 50.4 Å². The zero-order valence-corrected chi connectivity index (χ0v) is 16.8. The molecule has 1 aromatic rings. The van der Waals surface area contributed by atoms with Crippen LogP contribution in [0.15, 0.2) is 18.2 Å². The van der Waals surface area contributed by atoms with E-state index in [1.54, 1.807) is 5.56 Å². The third-order valence-corrected chi connectivity index (χ3v) is 4.16. The van der Waals surface area contributed by atoms with Gasteiger partial charge in [-0.05, 0) is 96.1 Å². The highest BCUT2D eigenvalue weighted by Crippen LogP contribution is 2.30. The molecule has 0 aliphatic carbocycles. The quantitative estimate of drug-likeness (QED) is 0.770. The number of aryl methyl sites for hydroxylation is 1. The fourth-order valence-electron chi connectivity index (χ4n) is 3.00. The van der Waals surface area contributed by atoms with E-state index in [9.17, 15) is 4.79 Å². The molecular weight excluding hydrogens is 312 g/mol. The Morgan fingerprint density at radius 2 is 1.92 bits per heavy atom. The summed E-state index contributed by atoms with van der Waals surface area (Å²) in [4.78, 5) is 9.60. The lowest BCUT2D eigenvalue weighted by Gasteiger charge is -2.26. The normalized spacial score (nSPS) is 15.3. The molecule has 0 amide bonds. The van der Waals surface area contributed by atoms with Crippen LogP contribution in [0.2, 0.25) is 0 Å². The average molecular weight is 349 g/mol. The van der Waals surface area contributed by atoms with Gasteiger partial charge >= 0.3 is 0 Å². The number of hydrogen-bond acceptors (Lipinski definition) is 4. The third kappa shape index (κ3) is 8.39. The van der Waals surface area contributed by atoms with Crippen LogP contribution in [-0.4, -0.2) is 31.2 Å². The fourth-order valence-corrected chi connectivity index (χ4v) is 3.00. The lowest BCUT2D eigenvalue weighted by Crippen LogP contribution is -2.27. The van der Waals surface area contributed by atoms with Gasteiger partial charge < -0.3 is 15.4 Å². The van der Waals surface area contributed by atoms with Gasteiger partial charge in [0.15, 0.2) is 0 Å². The molecule has 1 saturated heterocycles. The third-order valence-electron chi connectivity index (χ3n) is 4.16. The Kier molecular flexibility index (Phi) is 8.98. The van der Waals surface area contributed by atoms with E-state index < -0.39 is 0 Å². The maximum Gasteiger partial charge on any atom is 0.293 e. The predicted octanol–water partition coefficient (Wildman–Crippen LogP) is 4.49. The Morgan fingerprint density at radius 1 is 1.28 bits per heavy atom. The zero-order chi connectivity index (χ0) is 18.9. The molecule has 2 rings (SSSR count). The second-order valence-corrected chi connectivity index (χ2v) is 7.92. The lowest BCUT2D eigenvalue weighted by atomic mass is 9.86. The molecule has 0 saturated carbocycles. The van der Waals surface area contributed by atoms with Crippen molar-refractivity contribution in [1.29, 1.82) is 0 Å². The largest absolute Gasteiger partial charge is 0.462 e. The highest BCUT2D eigenvalue weighted by Gasteiger charge is 2.18. The minimum Gasteiger partial charge on any atom is -0.462 e. The molecule has 0 radical (unpaired) electrons. The number of anilines is 1. The van der Waals surface area contributed by atoms with Crippen LogP contribution in [0, 0.1) is 0 Å². The SMILES string of the molecule is CC(C)(C)OC=O.CCc1ccc(NC(C)C)cc1C1CCNCC1. The molecule has 25 heavy (non-hydrogen) atoms. The van der Waals surface area contributed by atoms with Crippen molar-refractivity contribution in [2.24, 2.45) is 0 Å². The van der Waals surface area contributed by atoms with Crippen molar-refractivity contribution in [2.45, 2.75) is 78.4 Å². The Morgan fingerprint density at radius 3 is 2.36 bits per heavy atom. The van der Waals surface area contributed by atoms with E-state index in [-0.39, 0.29) is 5.60 Å². The molecular formula is C21H36N2O2. The van der Waals surface area contributed by atoms with E-state index in [4.69, 9.17) is 0 Å². The first-order chi connectivity index (χ1) is 11.8. The van der Waals surface area contributed by atoms with Crippen LogP contribution in [0.1, 0.15) is 71.4 Å². The van der Waals surface area contributed by atoms with E-state index in [1.165, 1.54) is 24.1 Å². The summed E-state index contributed by atoms with van der Waals surface area (Å²) in [6.07, 6.45) is 3.69. The highest BCUT2D eigenvalue weighted by molar-refractivity contribution is 5.50. The highest BCUT2D eigenvalue weighted by atomic mass is 16.5. The summed E-state index contributed by atoms with van der Waals surface area (Å²) in [7, 11) is 0. The lowest BCUT2D eigenvalue weighted by molar-refractivity contribution is -0.138. The van der Waals surface area contributed by atoms with Gasteiger partial charge in [0.2, 0.25) is 0 Å². The number of rotatable bonds is 5. The van der Waals surface area contributed by atoms with Gasteiger partial charge in [0, 0.05) is 11.7 Å². The summed E-state index contributed by atoms with van der Waals surface area (Å²) in [5.41, 5.74) is 4.05. The van der Waals surface area contributed by atoms with Gasteiger partial charge in [0.05, 0.1) is 0 Å². The Labute approximate surface area is 153 Å². The standard InChI is InChI=1S/C16H26N2.C5H10O2/c1-4-13-5-6-15(18-12(2)3)11-16(13)14-7-9-17-10-8-14;1-5(2,3)7-4-6/h5-6,11-12,14,17-18H,4,7-10H2,1-3H3;4H,1-3H3. The van der Waals surface area contributed by atoms with Crippen molar-refractivity contribution in [1.82, 2.24) is 5.32 Å². The van der Waals surface area contributed by atoms with Crippen LogP contribution in [0.3, 0.4) is 0 Å². The summed E-state index contributed by atoms with van der Waals surface area (Å²) in [5, 5.41) is 6.97. The fraction of sp³-hybridized carbons (Fsp3) is 0.667. The van der Waals surface area contributed by atoms with E-state index in [1.807, 2.05) is 20.8 Å². The minimum absolute atomic E-state index is 0.318. The van der Waals surface area contributed by atoms with Crippen molar-refractivity contribution in [3.05, 3.63) is 29.3 Å². The number of piperidine rings is 1. The Hall–Kier alpha value is -1.55. The maximum absolute atomic E-state index is 9.60. The molecule has 1 aliphatic heterocycles. The molecule has 4 nitrogen and oxygen atoms in total. The van der Waals surface area contributed by atoms with Gasteiger partial charge in [-0.3, -0.25) is 4.79 Å². The van der Waals surface area contributed by atoms with E-state index >= 15 is 0 Å². The van der Waals surface area contributed by atoms with E-state index in [2.05, 4.69) is 54.3 Å². The molecule has 2 N–H and O–H groups in total. The van der Waals surface area contributed by atoms with Gasteiger partial charge in [0.1, 0.15) is 5.60 Å². The summed E-state index contributed by atoms with van der Waals surface area (Å²) >= 11 is 0. The zero-order valence-electron chi connectivity index (χ0n) is 16.8. The molecule has 4 heteroatoms. The Bertz CT molecular complexity index is 515. The van der Waals surface area contributed by atoms with Crippen molar-refractivity contribution in [3.8, 4) is 0 Å². The summed E-state index contributed by atoms with van der Waals surface area (Å²) < 4.78 is 4.55. The number of hydrogen-bond donors (Lipinski definition) is 2. The molecule has 1 heterocycles. The van der Waals surface area contributed by atoms with Crippen LogP contribution < -0.4 is 10.6 Å². The number of benzene rings is 1. The van der Waals surface area contributed by atoms with Crippen LogP contribution >= 0.6 is 0 Å². The van der Waals surface area contributed by atoms with Gasteiger partial charge in [-0.25, -0.2) is 0 Å². The van der Waals surface area contributed by atoms with Crippen LogP contribution in [-0.2, 0) is 16.0 Å². The van der Waals surface area contributed by atoms with Crippen molar-refractivity contribution in [2.75, 3.05) is 18.4 Å². The van der Waals surface area contributed by atoms with Crippen molar-refractivity contribution in [3.63, 3.8) is 0 Å². The van der Waals surface area contributed by atoms with Gasteiger partial charge in [-0.2, -0.15) is 0 Å². The van der Waals surface area contributed by atoms with Gasteiger partial charge in [0.25, 0.3) is 6.47 Å². The Balaban J connectivity index is 0.000000381. The first-order valence-corrected chi connectivity index (χ1v) is 9.48. The second-order valence-electron chi connectivity index (χ2n) is 7.92. The molecule has 0 spiro atoms. The maximum atomic E-state index is 9.60. The monoisotopic (exact) mass is 348 g/mol. The summed E-state index contributed by atoms with van der Waals surface area (Å²) in [6, 6.07) is 7.42. The second kappa shape index (κ2) is 10.4. The van der Waals surface area contributed by atoms with Crippen LogP contribution in [0.5, 0.6) is 0 Å². The molecule has 1 aromatic carbocycles. The van der Waals surface area contributed by atoms with Crippen molar-refractivity contribution >= 4 is 12.2 Å². The van der Waals surface area contributed by atoms with E-state index in [0.717, 1.165) is 25.4 Å². The predicted molar refractivity (Wildman–Crippen MR) is 106 cm³/mol. The molecule has 0 aromatic heterocycles. The molecule has 0 atom stereocenters. The number of ether oxygens (including phenoxy) is 1. The molecule has 1 fully saturated rings.